The van der Waals surface area contributed by atoms with Crippen molar-refractivity contribution in [3.8, 4) is 0 Å². The normalized spacial score (nSPS) is 10.6. The molecule has 0 saturated heterocycles. The smallest absolute Gasteiger partial charge is 0.299 e. The van der Waals surface area contributed by atoms with Gasteiger partial charge in [0.1, 0.15) is 0 Å². The number of alkyl halides is 1. The summed E-state index contributed by atoms with van der Waals surface area (Å²) in [4.78, 5) is 11.6. The van der Waals surface area contributed by atoms with Crippen molar-refractivity contribution in [3.63, 3.8) is 0 Å². The minimum absolute atomic E-state index is 0.114. The number of halogens is 1. The number of hydrogen-bond donors (Lipinski definition) is 0. The fourth-order valence-electron chi connectivity index (χ4n) is 1.26. The minimum atomic E-state index is 0.114. The SMILES string of the molecule is CCCn1ccn(CCCBr)c1=O. The molecular formula is C9H15BrN2O. The maximum absolute atomic E-state index is 11.6. The average molecular weight is 247 g/mol. The average Bonchev–Trinajstić information content (AvgIpc) is 2.46. The Kier molecular flexibility index (Phi) is 4.28. The van der Waals surface area contributed by atoms with E-state index in [1.54, 1.807) is 9.13 Å². The van der Waals surface area contributed by atoms with Crippen LogP contribution in [0.2, 0.25) is 0 Å². The molecule has 0 N–H and O–H groups in total. The predicted molar refractivity (Wildman–Crippen MR) is 57.4 cm³/mol. The first-order valence-corrected chi connectivity index (χ1v) is 5.73. The van der Waals surface area contributed by atoms with Gasteiger partial charge in [-0.2, -0.15) is 0 Å². The number of aromatic nitrogens is 2. The molecule has 0 fully saturated rings. The molecule has 1 rings (SSSR count). The number of hydrogen-bond acceptors (Lipinski definition) is 1. The van der Waals surface area contributed by atoms with Crippen molar-refractivity contribution in [2.75, 3.05) is 5.33 Å². The van der Waals surface area contributed by atoms with Gasteiger partial charge < -0.3 is 0 Å². The molecule has 0 aliphatic carbocycles. The molecule has 0 aliphatic rings. The number of rotatable bonds is 5. The fourth-order valence-corrected chi connectivity index (χ4v) is 1.52. The molecule has 0 atom stereocenters. The van der Waals surface area contributed by atoms with E-state index >= 15 is 0 Å². The Balaban J connectivity index is 2.69. The highest BCUT2D eigenvalue weighted by atomic mass is 79.9. The number of aryl methyl sites for hydroxylation is 2. The topological polar surface area (TPSA) is 26.9 Å². The summed E-state index contributed by atoms with van der Waals surface area (Å²) in [5, 5.41) is 0.943. The first-order chi connectivity index (χ1) is 6.29. The Labute approximate surface area is 86.5 Å². The molecule has 1 aromatic rings. The van der Waals surface area contributed by atoms with Crippen LogP contribution >= 0.6 is 15.9 Å². The van der Waals surface area contributed by atoms with Crippen LogP contribution in [-0.4, -0.2) is 14.5 Å². The van der Waals surface area contributed by atoms with E-state index in [4.69, 9.17) is 0 Å². The maximum Gasteiger partial charge on any atom is 0.328 e. The second-order valence-electron chi connectivity index (χ2n) is 3.01. The first-order valence-electron chi connectivity index (χ1n) is 4.61. The lowest BCUT2D eigenvalue weighted by molar-refractivity contribution is 0.597. The molecule has 13 heavy (non-hydrogen) atoms. The standard InChI is InChI=1S/C9H15BrN2O/c1-2-5-11-7-8-12(9(11)13)6-3-4-10/h7-8H,2-6H2,1H3. The van der Waals surface area contributed by atoms with Crippen LogP contribution in [0.15, 0.2) is 17.2 Å². The van der Waals surface area contributed by atoms with Crippen molar-refractivity contribution in [3.05, 3.63) is 22.9 Å². The lowest BCUT2D eigenvalue weighted by Gasteiger charge is -1.98. The highest BCUT2D eigenvalue weighted by Gasteiger charge is 2.00. The summed E-state index contributed by atoms with van der Waals surface area (Å²) in [5.74, 6) is 0. The summed E-state index contributed by atoms with van der Waals surface area (Å²) in [7, 11) is 0. The fraction of sp³-hybridized carbons (Fsp3) is 0.667. The van der Waals surface area contributed by atoms with Crippen molar-refractivity contribution in [1.82, 2.24) is 9.13 Å². The van der Waals surface area contributed by atoms with Gasteiger partial charge >= 0.3 is 5.69 Å². The third kappa shape index (κ3) is 2.72. The minimum Gasteiger partial charge on any atom is -0.299 e. The van der Waals surface area contributed by atoms with Gasteiger partial charge in [0, 0.05) is 30.8 Å². The summed E-state index contributed by atoms with van der Waals surface area (Å²) >= 11 is 3.35. The third-order valence-electron chi connectivity index (χ3n) is 1.92. The van der Waals surface area contributed by atoms with Crippen LogP contribution in [0.25, 0.3) is 0 Å². The largest absolute Gasteiger partial charge is 0.328 e. The van der Waals surface area contributed by atoms with E-state index in [0.29, 0.717) is 0 Å². The quantitative estimate of drug-likeness (QED) is 0.729. The van der Waals surface area contributed by atoms with Crippen molar-refractivity contribution < 1.29 is 0 Å². The van der Waals surface area contributed by atoms with Crippen LogP contribution in [0, 0.1) is 0 Å². The second kappa shape index (κ2) is 5.27. The van der Waals surface area contributed by atoms with Gasteiger partial charge in [0.25, 0.3) is 0 Å². The molecule has 0 unspecified atom stereocenters. The Hall–Kier alpha value is -0.510. The van der Waals surface area contributed by atoms with Crippen LogP contribution in [0.1, 0.15) is 19.8 Å². The van der Waals surface area contributed by atoms with E-state index < -0.39 is 0 Å². The maximum atomic E-state index is 11.6. The van der Waals surface area contributed by atoms with E-state index in [1.165, 1.54) is 0 Å². The summed E-state index contributed by atoms with van der Waals surface area (Å²) in [6.07, 6.45) is 5.72. The molecule has 0 saturated carbocycles. The molecule has 0 amide bonds. The molecule has 1 heterocycles. The van der Waals surface area contributed by atoms with Gasteiger partial charge in [-0.25, -0.2) is 4.79 Å². The van der Waals surface area contributed by atoms with Crippen molar-refractivity contribution in [2.45, 2.75) is 32.9 Å². The second-order valence-corrected chi connectivity index (χ2v) is 3.80. The molecule has 74 valence electrons. The van der Waals surface area contributed by atoms with E-state index in [1.807, 2.05) is 12.4 Å². The zero-order valence-electron chi connectivity index (χ0n) is 7.87. The summed E-state index contributed by atoms with van der Waals surface area (Å²) in [6, 6.07) is 0. The lowest BCUT2D eigenvalue weighted by Crippen LogP contribution is -2.24. The third-order valence-corrected chi connectivity index (χ3v) is 2.48. The van der Waals surface area contributed by atoms with Gasteiger partial charge in [0.05, 0.1) is 0 Å². The van der Waals surface area contributed by atoms with Gasteiger partial charge in [-0.15, -0.1) is 0 Å². The molecular weight excluding hydrogens is 232 g/mol. The van der Waals surface area contributed by atoms with Gasteiger partial charge in [-0.05, 0) is 12.8 Å². The molecule has 1 aromatic heterocycles. The van der Waals surface area contributed by atoms with Crippen molar-refractivity contribution >= 4 is 15.9 Å². The Morgan fingerprint density at radius 3 is 2.46 bits per heavy atom. The summed E-state index contributed by atoms with van der Waals surface area (Å²) < 4.78 is 3.52. The van der Waals surface area contributed by atoms with Crippen LogP contribution in [0.5, 0.6) is 0 Å². The Morgan fingerprint density at radius 2 is 1.92 bits per heavy atom. The van der Waals surface area contributed by atoms with Crippen LogP contribution in [0.3, 0.4) is 0 Å². The van der Waals surface area contributed by atoms with Crippen LogP contribution in [0.4, 0.5) is 0 Å². The van der Waals surface area contributed by atoms with Gasteiger partial charge in [-0.1, -0.05) is 22.9 Å². The van der Waals surface area contributed by atoms with E-state index in [9.17, 15) is 4.79 Å². The molecule has 0 radical (unpaired) electrons. The summed E-state index contributed by atoms with van der Waals surface area (Å²) in [6.45, 7) is 3.70. The van der Waals surface area contributed by atoms with E-state index in [2.05, 4.69) is 22.9 Å². The molecule has 3 nitrogen and oxygen atoms in total. The monoisotopic (exact) mass is 246 g/mol. The Bertz CT molecular complexity index is 303. The number of imidazole rings is 1. The lowest BCUT2D eigenvalue weighted by atomic mass is 10.5. The first kappa shape index (κ1) is 10.6. The zero-order valence-corrected chi connectivity index (χ0v) is 9.46. The van der Waals surface area contributed by atoms with Gasteiger partial charge in [-0.3, -0.25) is 9.13 Å². The van der Waals surface area contributed by atoms with E-state index in [-0.39, 0.29) is 5.69 Å². The molecule has 0 bridgehead atoms. The molecule has 0 aromatic carbocycles. The van der Waals surface area contributed by atoms with Crippen molar-refractivity contribution in [2.24, 2.45) is 0 Å². The predicted octanol–water partition coefficient (Wildman–Crippen LogP) is 1.84. The highest BCUT2D eigenvalue weighted by Crippen LogP contribution is 1.93. The molecule has 4 heteroatoms. The Morgan fingerprint density at radius 1 is 1.31 bits per heavy atom. The van der Waals surface area contributed by atoms with Crippen LogP contribution < -0.4 is 5.69 Å². The van der Waals surface area contributed by atoms with E-state index in [0.717, 1.165) is 31.3 Å². The highest BCUT2D eigenvalue weighted by molar-refractivity contribution is 9.09. The van der Waals surface area contributed by atoms with Crippen molar-refractivity contribution in [1.29, 1.82) is 0 Å². The summed E-state index contributed by atoms with van der Waals surface area (Å²) in [5.41, 5.74) is 0.114. The van der Waals surface area contributed by atoms with Gasteiger partial charge in [0.15, 0.2) is 0 Å². The van der Waals surface area contributed by atoms with Crippen LogP contribution in [-0.2, 0) is 13.1 Å². The van der Waals surface area contributed by atoms with Gasteiger partial charge in [0.2, 0.25) is 0 Å². The zero-order chi connectivity index (χ0) is 9.68. The number of nitrogens with zero attached hydrogens (tertiary/aromatic N) is 2. The molecule has 0 aliphatic heterocycles. The molecule has 0 spiro atoms.